The normalized spacial score (nSPS) is 25.4. The lowest BCUT2D eigenvalue weighted by Crippen LogP contribution is -2.57. The van der Waals surface area contributed by atoms with Gasteiger partial charge in [0.05, 0.1) is 4.88 Å². The fourth-order valence-electron chi connectivity index (χ4n) is 3.52. The van der Waals surface area contributed by atoms with Crippen LogP contribution in [0.1, 0.15) is 22.5 Å². The summed E-state index contributed by atoms with van der Waals surface area (Å²) >= 11 is 1.37. The third kappa shape index (κ3) is 3.25. The summed E-state index contributed by atoms with van der Waals surface area (Å²) in [5, 5.41) is 3.92. The summed E-state index contributed by atoms with van der Waals surface area (Å²) in [6.45, 7) is 3.34. The molecule has 5 nitrogen and oxygen atoms in total. The second-order valence-corrected chi connectivity index (χ2v) is 7.55. The second kappa shape index (κ2) is 6.45. The van der Waals surface area contributed by atoms with E-state index in [1.807, 2.05) is 24.3 Å². The number of fused-ring (bicyclic) bond motifs is 3. The van der Waals surface area contributed by atoms with Gasteiger partial charge in [-0.3, -0.25) is 4.79 Å². The number of thiophene rings is 1. The molecular weight excluding hydrogens is 322 g/mol. The number of carbonyl (C=O) groups is 1. The lowest BCUT2D eigenvalue weighted by atomic mass is 9.84. The van der Waals surface area contributed by atoms with Gasteiger partial charge >= 0.3 is 0 Å². The first kappa shape index (κ1) is 15.5. The van der Waals surface area contributed by atoms with Gasteiger partial charge in [-0.15, -0.1) is 0 Å². The molecule has 2 bridgehead atoms. The van der Waals surface area contributed by atoms with Crippen molar-refractivity contribution in [2.75, 3.05) is 25.4 Å². The van der Waals surface area contributed by atoms with E-state index in [-0.39, 0.29) is 11.9 Å². The van der Waals surface area contributed by atoms with Crippen molar-refractivity contribution in [1.82, 2.24) is 10.2 Å². The number of nitrogens with one attached hydrogen (secondary N) is 1. The molecule has 0 unspecified atom stereocenters. The van der Waals surface area contributed by atoms with Gasteiger partial charge in [0.25, 0.3) is 5.91 Å². The van der Waals surface area contributed by atoms with E-state index in [1.165, 1.54) is 37.3 Å². The van der Waals surface area contributed by atoms with Gasteiger partial charge in [0, 0.05) is 18.3 Å². The molecule has 3 aliphatic rings. The molecule has 1 aromatic heterocycles. The standard InChI is InChI=1S/C18H21N3O2S/c19-13-1-3-14(4-2-13)23-17-6-5-16(24-17)18(22)20-15-11-21-9-7-12(15)8-10-21/h1-6,12,15H,7-11,19H2,(H,20,22)/t15-/m0/s1. The van der Waals surface area contributed by atoms with Crippen LogP contribution >= 0.6 is 11.3 Å². The number of nitrogen functional groups attached to an aromatic ring is 1. The molecule has 5 rings (SSSR count). The maximum atomic E-state index is 12.5. The summed E-state index contributed by atoms with van der Waals surface area (Å²) in [6, 6.07) is 11.2. The van der Waals surface area contributed by atoms with Gasteiger partial charge in [-0.2, -0.15) is 0 Å². The van der Waals surface area contributed by atoms with Crippen LogP contribution in [0.4, 0.5) is 5.69 Å². The molecule has 1 aromatic carbocycles. The molecule has 24 heavy (non-hydrogen) atoms. The first-order valence-electron chi connectivity index (χ1n) is 8.34. The number of hydrogen-bond donors (Lipinski definition) is 2. The summed E-state index contributed by atoms with van der Waals surface area (Å²) in [6.07, 6.45) is 2.39. The predicted octanol–water partition coefficient (Wildman–Crippen LogP) is 2.95. The third-order valence-electron chi connectivity index (χ3n) is 4.88. The summed E-state index contributed by atoms with van der Waals surface area (Å²) in [5.41, 5.74) is 6.37. The van der Waals surface area contributed by atoms with Gasteiger partial charge in [0.15, 0.2) is 5.06 Å². The lowest BCUT2D eigenvalue weighted by Gasteiger charge is -2.44. The SMILES string of the molecule is Nc1ccc(Oc2ccc(C(=O)N[C@H]3CN4CCC3CC4)s2)cc1. The Kier molecular flexibility index (Phi) is 4.16. The minimum Gasteiger partial charge on any atom is -0.447 e. The number of piperidine rings is 3. The zero-order valence-electron chi connectivity index (χ0n) is 13.4. The highest BCUT2D eigenvalue weighted by molar-refractivity contribution is 7.15. The van der Waals surface area contributed by atoms with Crippen molar-refractivity contribution >= 4 is 22.9 Å². The van der Waals surface area contributed by atoms with E-state index in [0.717, 1.165) is 12.3 Å². The molecule has 3 N–H and O–H groups in total. The number of hydrogen-bond acceptors (Lipinski definition) is 5. The highest BCUT2D eigenvalue weighted by Crippen LogP contribution is 2.31. The molecule has 3 saturated heterocycles. The Morgan fingerprint density at radius 2 is 1.92 bits per heavy atom. The van der Waals surface area contributed by atoms with E-state index >= 15 is 0 Å². The quantitative estimate of drug-likeness (QED) is 0.838. The zero-order valence-corrected chi connectivity index (χ0v) is 14.2. The monoisotopic (exact) mass is 343 g/mol. The Bertz CT molecular complexity index is 720. The number of ether oxygens (including phenoxy) is 1. The number of anilines is 1. The number of nitrogens with zero attached hydrogens (tertiary/aromatic N) is 1. The predicted molar refractivity (Wildman–Crippen MR) is 95.7 cm³/mol. The minimum absolute atomic E-state index is 0.00547. The molecule has 0 aliphatic carbocycles. The van der Waals surface area contributed by atoms with Gasteiger partial charge in [-0.25, -0.2) is 0 Å². The minimum atomic E-state index is 0.00547. The van der Waals surface area contributed by atoms with Crippen LogP contribution in [-0.4, -0.2) is 36.5 Å². The fraction of sp³-hybridized carbons (Fsp3) is 0.389. The van der Waals surface area contributed by atoms with Crippen LogP contribution in [0.25, 0.3) is 0 Å². The molecule has 0 saturated carbocycles. The zero-order chi connectivity index (χ0) is 16.5. The van der Waals surface area contributed by atoms with E-state index in [0.29, 0.717) is 21.5 Å². The summed E-state index contributed by atoms with van der Waals surface area (Å²) < 4.78 is 5.78. The molecule has 3 fully saturated rings. The van der Waals surface area contributed by atoms with Crippen molar-refractivity contribution < 1.29 is 9.53 Å². The van der Waals surface area contributed by atoms with Crippen LogP contribution in [0, 0.1) is 5.92 Å². The molecule has 4 heterocycles. The lowest BCUT2D eigenvalue weighted by molar-refractivity contribution is 0.0622. The van der Waals surface area contributed by atoms with Crippen molar-refractivity contribution in [3.63, 3.8) is 0 Å². The first-order valence-corrected chi connectivity index (χ1v) is 9.15. The highest BCUT2D eigenvalue weighted by atomic mass is 32.1. The molecule has 1 atom stereocenters. The van der Waals surface area contributed by atoms with Crippen molar-refractivity contribution in [1.29, 1.82) is 0 Å². The summed E-state index contributed by atoms with van der Waals surface area (Å²) in [5.74, 6) is 1.35. The molecule has 3 aliphatic heterocycles. The van der Waals surface area contributed by atoms with Crippen LogP contribution in [0.5, 0.6) is 10.8 Å². The van der Waals surface area contributed by atoms with E-state index < -0.39 is 0 Å². The maximum absolute atomic E-state index is 12.5. The third-order valence-corrected chi connectivity index (χ3v) is 5.84. The van der Waals surface area contributed by atoms with Crippen molar-refractivity contribution in [2.24, 2.45) is 5.92 Å². The van der Waals surface area contributed by atoms with E-state index in [9.17, 15) is 4.79 Å². The Balaban J connectivity index is 1.39. The molecule has 1 amide bonds. The molecule has 126 valence electrons. The Labute approximate surface area is 145 Å². The number of carbonyl (C=O) groups excluding carboxylic acids is 1. The maximum Gasteiger partial charge on any atom is 0.261 e. The molecule has 2 aromatic rings. The largest absolute Gasteiger partial charge is 0.447 e. The van der Waals surface area contributed by atoms with E-state index in [2.05, 4.69) is 10.2 Å². The Morgan fingerprint density at radius 1 is 1.17 bits per heavy atom. The van der Waals surface area contributed by atoms with Crippen molar-refractivity contribution in [3.8, 4) is 10.8 Å². The van der Waals surface area contributed by atoms with E-state index in [4.69, 9.17) is 10.5 Å². The van der Waals surface area contributed by atoms with Crippen molar-refractivity contribution in [2.45, 2.75) is 18.9 Å². The molecule has 0 spiro atoms. The smallest absolute Gasteiger partial charge is 0.261 e. The number of rotatable bonds is 4. The van der Waals surface area contributed by atoms with Gasteiger partial charge in [-0.05, 0) is 68.2 Å². The first-order chi connectivity index (χ1) is 11.7. The molecule has 0 radical (unpaired) electrons. The van der Waals surface area contributed by atoms with Gasteiger partial charge < -0.3 is 20.7 Å². The highest BCUT2D eigenvalue weighted by Gasteiger charge is 2.35. The Hall–Kier alpha value is -2.05. The average Bonchev–Trinajstić information content (AvgIpc) is 3.07. The van der Waals surface area contributed by atoms with Gasteiger partial charge in [0.1, 0.15) is 5.75 Å². The number of amides is 1. The van der Waals surface area contributed by atoms with Gasteiger partial charge in [0.2, 0.25) is 0 Å². The van der Waals surface area contributed by atoms with Crippen LogP contribution < -0.4 is 15.8 Å². The van der Waals surface area contributed by atoms with Gasteiger partial charge in [-0.1, -0.05) is 11.3 Å². The Morgan fingerprint density at radius 3 is 2.58 bits per heavy atom. The van der Waals surface area contributed by atoms with Crippen molar-refractivity contribution in [3.05, 3.63) is 41.3 Å². The molecular formula is C18H21N3O2S. The summed E-state index contributed by atoms with van der Waals surface area (Å²) in [7, 11) is 0. The summed E-state index contributed by atoms with van der Waals surface area (Å²) in [4.78, 5) is 15.6. The number of benzene rings is 1. The topological polar surface area (TPSA) is 67.6 Å². The fourth-order valence-corrected chi connectivity index (χ4v) is 4.30. The number of nitrogens with two attached hydrogens (primary N) is 1. The van der Waals surface area contributed by atoms with Crippen LogP contribution in [0.2, 0.25) is 0 Å². The van der Waals surface area contributed by atoms with Crippen LogP contribution in [-0.2, 0) is 0 Å². The second-order valence-electron chi connectivity index (χ2n) is 6.51. The average molecular weight is 343 g/mol. The van der Waals surface area contributed by atoms with Crippen LogP contribution in [0.3, 0.4) is 0 Å². The van der Waals surface area contributed by atoms with E-state index in [1.54, 1.807) is 12.1 Å². The molecule has 6 heteroatoms. The van der Waals surface area contributed by atoms with Crippen LogP contribution in [0.15, 0.2) is 36.4 Å².